The fraction of sp³-hybridized carbons (Fsp3) is 0.167. The lowest BCUT2D eigenvalue weighted by atomic mass is 10.2. The van der Waals surface area contributed by atoms with Crippen molar-refractivity contribution in [2.75, 3.05) is 0 Å². The summed E-state index contributed by atoms with van der Waals surface area (Å²) in [6.07, 6.45) is 1.65. The zero-order valence-corrected chi connectivity index (χ0v) is 12.8. The average Bonchev–Trinajstić information content (AvgIpc) is 2.56. The van der Waals surface area contributed by atoms with Gasteiger partial charge in [0.1, 0.15) is 0 Å². The summed E-state index contributed by atoms with van der Waals surface area (Å²) in [5.74, 6) is -0.594. The molecule has 0 aliphatic heterocycles. The second-order valence-electron chi connectivity index (χ2n) is 5.06. The second kappa shape index (κ2) is 7.76. The molecule has 0 radical (unpaired) electrons. The van der Waals surface area contributed by atoms with Crippen LogP contribution >= 0.6 is 0 Å². The van der Waals surface area contributed by atoms with Crippen LogP contribution in [0.4, 0.5) is 4.79 Å². The number of hydrogen-bond donors (Lipinski definition) is 0. The molecule has 116 valence electrons. The number of urea groups is 1. The Balaban J connectivity index is 2.25. The highest BCUT2D eigenvalue weighted by molar-refractivity contribution is 5.95. The number of benzene rings is 2. The lowest BCUT2D eigenvalue weighted by molar-refractivity contribution is -0.124. The zero-order chi connectivity index (χ0) is 16.7. The van der Waals surface area contributed by atoms with Crippen LogP contribution in [0.2, 0.25) is 0 Å². The Morgan fingerprint density at radius 3 is 1.70 bits per heavy atom. The van der Waals surface area contributed by atoms with Gasteiger partial charge in [-0.2, -0.15) is 10.2 Å². The van der Waals surface area contributed by atoms with E-state index in [-0.39, 0.29) is 0 Å². The van der Waals surface area contributed by atoms with Crippen LogP contribution in [0.3, 0.4) is 0 Å². The van der Waals surface area contributed by atoms with Gasteiger partial charge in [-0.15, -0.1) is 0 Å². The van der Waals surface area contributed by atoms with E-state index in [1.54, 1.807) is 6.19 Å². The normalized spacial score (nSPS) is 9.74. The lowest BCUT2D eigenvalue weighted by Gasteiger charge is -2.25. The first kappa shape index (κ1) is 16.2. The van der Waals surface area contributed by atoms with Gasteiger partial charge in [0.05, 0.1) is 0 Å². The minimum Gasteiger partial charge on any atom is -0.315 e. The van der Waals surface area contributed by atoms with Crippen molar-refractivity contribution in [2.45, 2.75) is 20.0 Å². The van der Waals surface area contributed by atoms with E-state index in [0.29, 0.717) is 18.0 Å². The number of carbonyl (C=O) groups is 2. The number of imide groups is 1. The summed E-state index contributed by atoms with van der Waals surface area (Å²) in [7, 11) is 0. The third-order valence-corrected chi connectivity index (χ3v) is 3.31. The Bertz CT molecular complexity index is 667. The van der Waals surface area contributed by atoms with Crippen molar-refractivity contribution in [3.63, 3.8) is 0 Å². The molecule has 0 atom stereocenters. The monoisotopic (exact) mass is 307 g/mol. The van der Waals surface area contributed by atoms with Crippen molar-refractivity contribution in [3.05, 3.63) is 71.8 Å². The molecule has 0 fully saturated rings. The fourth-order valence-electron chi connectivity index (χ4n) is 2.19. The van der Waals surface area contributed by atoms with E-state index in [1.165, 1.54) is 11.8 Å². The molecule has 0 aliphatic rings. The molecule has 2 rings (SSSR count). The maximum atomic E-state index is 12.5. The Morgan fingerprint density at radius 2 is 1.35 bits per heavy atom. The molecule has 0 aliphatic carbocycles. The maximum Gasteiger partial charge on any atom is 0.340 e. The van der Waals surface area contributed by atoms with Crippen LogP contribution in [0, 0.1) is 11.5 Å². The summed E-state index contributed by atoms with van der Waals surface area (Å²) >= 11 is 0. The first-order valence-corrected chi connectivity index (χ1v) is 7.19. The summed E-state index contributed by atoms with van der Waals surface area (Å²) in [5, 5.41) is 9.06. The van der Waals surface area contributed by atoms with Crippen LogP contribution in [-0.2, 0) is 17.9 Å². The van der Waals surface area contributed by atoms with E-state index in [1.807, 2.05) is 60.7 Å². The molecule has 0 heterocycles. The fourth-order valence-corrected chi connectivity index (χ4v) is 2.19. The van der Waals surface area contributed by atoms with Gasteiger partial charge in [0.15, 0.2) is 6.19 Å². The van der Waals surface area contributed by atoms with Gasteiger partial charge >= 0.3 is 6.03 Å². The third kappa shape index (κ3) is 4.42. The first-order valence-electron chi connectivity index (χ1n) is 7.19. The van der Waals surface area contributed by atoms with Crippen LogP contribution in [0.5, 0.6) is 0 Å². The Labute approximate surface area is 135 Å². The van der Waals surface area contributed by atoms with Crippen LogP contribution in [-0.4, -0.2) is 21.7 Å². The Morgan fingerprint density at radius 1 is 0.913 bits per heavy atom. The van der Waals surface area contributed by atoms with E-state index < -0.39 is 11.9 Å². The van der Waals surface area contributed by atoms with E-state index in [0.717, 1.165) is 11.1 Å². The number of hydrogen-bond acceptors (Lipinski definition) is 3. The molecule has 0 N–H and O–H groups in total. The highest BCUT2D eigenvalue weighted by Gasteiger charge is 2.24. The molecule has 2 aromatic carbocycles. The Kier molecular flexibility index (Phi) is 5.48. The highest BCUT2D eigenvalue weighted by atomic mass is 16.2. The molecule has 0 unspecified atom stereocenters. The van der Waals surface area contributed by atoms with Gasteiger partial charge in [-0.1, -0.05) is 60.7 Å². The quantitative estimate of drug-likeness (QED) is 0.644. The minimum absolute atomic E-state index is 0.319. The molecule has 5 heteroatoms. The van der Waals surface area contributed by atoms with E-state index >= 15 is 0 Å². The summed E-state index contributed by atoms with van der Waals surface area (Å²) in [6, 6.07) is 18.3. The van der Waals surface area contributed by atoms with Crippen molar-refractivity contribution >= 4 is 11.9 Å². The SMILES string of the molecule is CC(=O)N(C#N)C(=O)N(Cc1ccccc1)Cc1ccccc1. The van der Waals surface area contributed by atoms with Crippen LogP contribution in [0.15, 0.2) is 60.7 Å². The van der Waals surface area contributed by atoms with Gasteiger partial charge in [0.25, 0.3) is 0 Å². The van der Waals surface area contributed by atoms with Gasteiger partial charge in [0, 0.05) is 20.0 Å². The Hall–Kier alpha value is -3.13. The molecule has 0 aromatic heterocycles. The number of carbonyl (C=O) groups excluding carboxylic acids is 2. The number of rotatable bonds is 4. The van der Waals surface area contributed by atoms with Crippen molar-refractivity contribution in [2.24, 2.45) is 0 Å². The molecule has 23 heavy (non-hydrogen) atoms. The van der Waals surface area contributed by atoms with Crippen molar-refractivity contribution in [1.82, 2.24) is 9.80 Å². The first-order chi connectivity index (χ1) is 11.1. The van der Waals surface area contributed by atoms with Crippen molar-refractivity contribution in [3.8, 4) is 6.19 Å². The third-order valence-electron chi connectivity index (χ3n) is 3.31. The van der Waals surface area contributed by atoms with E-state index in [2.05, 4.69) is 0 Å². The molecular weight excluding hydrogens is 290 g/mol. The van der Waals surface area contributed by atoms with E-state index in [4.69, 9.17) is 5.26 Å². The highest BCUT2D eigenvalue weighted by Crippen LogP contribution is 2.12. The zero-order valence-electron chi connectivity index (χ0n) is 12.8. The van der Waals surface area contributed by atoms with Gasteiger partial charge in [-0.3, -0.25) is 4.79 Å². The second-order valence-corrected chi connectivity index (χ2v) is 5.06. The topological polar surface area (TPSA) is 64.4 Å². The molecule has 0 bridgehead atoms. The minimum atomic E-state index is -0.618. The van der Waals surface area contributed by atoms with Crippen LogP contribution in [0.25, 0.3) is 0 Å². The van der Waals surface area contributed by atoms with Crippen molar-refractivity contribution in [1.29, 1.82) is 5.26 Å². The summed E-state index contributed by atoms with van der Waals surface area (Å²) in [5.41, 5.74) is 1.86. The average molecular weight is 307 g/mol. The number of nitriles is 1. The van der Waals surface area contributed by atoms with E-state index in [9.17, 15) is 9.59 Å². The van der Waals surface area contributed by atoms with Gasteiger partial charge < -0.3 is 4.90 Å². The number of amides is 3. The summed E-state index contributed by atoms with van der Waals surface area (Å²) < 4.78 is 0. The largest absolute Gasteiger partial charge is 0.340 e. The smallest absolute Gasteiger partial charge is 0.315 e. The lowest BCUT2D eigenvalue weighted by Crippen LogP contribution is -2.42. The molecule has 2 aromatic rings. The molecular formula is C18H17N3O2. The van der Waals surface area contributed by atoms with Gasteiger partial charge in [0.2, 0.25) is 5.91 Å². The molecule has 0 saturated heterocycles. The number of nitrogens with zero attached hydrogens (tertiary/aromatic N) is 3. The summed E-state index contributed by atoms with van der Waals surface area (Å²) in [6.45, 7) is 1.84. The van der Waals surface area contributed by atoms with Crippen molar-refractivity contribution < 1.29 is 9.59 Å². The molecule has 0 saturated carbocycles. The van der Waals surface area contributed by atoms with Crippen LogP contribution in [0.1, 0.15) is 18.1 Å². The summed E-state index contributed by atoms with van der Waals surface area (Å²) in [4.78, 5) is 26.1. The van der Waals surface area contributed by atoms with Gasteiger partial charge in [-0.05, 0) is 11.1 Å². The predicted octanol–water partition coefficient (Wildman–Crippen LogP) is 3.14. The molecule has 5 nitrogen and oxygen atoms in total. The maximum absolute atomic E-state index is 12.5. The molecule has 3 amide bonds. The van der Waals surface area contributed by atoms with Crippen LogP contribution < -0.4 is 0 Å². The molecule has 0 spiro atoms. The van der Waals surface area contributed by atoms with Gasteiger partial charge in [-0.25, -0.2) is 4.79 Å². The predicted molar refractivity (Wildman–Crippen MR) is 85.7 cm³/mol. The standard InChI is InChI=1S/C18H17N3O2/c1-15(22)21(14-19)18(23)20(12-16-8-4-2-5-9-16)13-17-10-6-3-7-11-17/h2-11H,12-13H2,1H3.